The second kappa shape index (κ2) is 6.07. The van der Waals surface area contributed by atoms with Crippen LogP contribution in [-0.2, 0) is 0 Å². The van der Waals surface area contributed by atoms with Crippen molar-refractivity contribution in [2.75, 3.05) is 32.5 Å². The maximum Gasteiger partial charge on any atom is 0.159 e. The Morgan fingerprint density at radius 1 is 1.73 bits per heavy atom. The number of amidine groups is 1. The van der Waals surface area contributed by atoms with Gasteiger partial charge < -0.3 is 10.0 Å². The summed E-state index contributed by atoms with van der Waals surface area (Å²) < 4.78 is 0. The molecular formula is C6H13IN2OS. The predicted octanol–water partition coefficient (Wildman–Crippen LogP) is 0.631. The van der Waals surface area contributed by atoms with Gasteiger partial charge in [-0.3, -0.25) is 4.99 Å². The van der Waals surface area contributed by atoms with Gasteiger partial charge in [-0.1, -0.05) is 11.8 Å². The molecule has 0 aromatic carbocycles. The maximum atomic E-state index is 8.63. The van der Waals surface area contributed by atoms with Crippen LogP contribution in [0.3, 0.4) is 0 Å². The van der Waals surface area contributed by atoms with E-state index < -0.39 is 0 Å². The van der Waals surface area contributed by atoms with Crippen molar-refractivity contribution in [3.05, 3.63) is 0 Å². The number of hydrogen-bond acceptors (Lipinski definition) is 4. The second-order valence-electron chi connectivity index (χ2n) is 2.08. The van der Waals surface area contributed by atoms with Gasteiger partial charge in [-0.05, 0) is 6.26 Å². The molecule has 1 rings (SSSR count). The molecule has 0 saturated carbocycles. The Labute approximate surface area is 88.3 Å². The average Bonchev–Trinajstić information content (AvgIpc) is 2.36. The van der Waals surface area contributed by atoms with E-state index in [1.54, 1.807) is 11.8 Å². The summed E-state index contributed by atoms with van der Waals surface area (Å²) in [5, 5.41) is 9.70. The number of aliphatic imine (C=N–C) groups is 1. The van der Waals surface area contributed by atoms with Crippen molar-refractivity contribution in [2.24, 2.45) is 4.99 Å². The lowest BCUT2D eigenvalue weighted by Gasteiger charge is -2.16. The minimum Gasteiger partial charge on any atom is -0.395 e. The lowest BCUT2D eigenvalue weighted by Crippen LogP contribution is -2.28. The highest BCUT2D eigenvalue weighted by Gasteiger charge is 2.13. The first-order valence-corrected chi connectivity index (χ1v) is 4.55. The first-order valence-electron chi connectivity index (χ1n) is 3.32. The largest absolute Gasteiger partial charge is 0.395 e. The molecule has 1 heterocycles. The first kappa shape index (κ1) is 11.5. The van der Waals surface area contributed by atoms with E-state index in [-0.39, 0.29) is 30.6 Å². The molecule has 0 amide bonds. The molecule has 0 atom stereocenters. The summed E-state index contributed by atoms with van der Waals surface area (Å²) in [5.74, 6) is 0. The van der Waals surface area contributed by atoms with Crippen molar-refractivity contribution in [3.63, 3.8) is 0 Å². The van der Waals surface area contributed by atoms with Crippen LogP contribution in [-0.4, -0.2) is 47.7 Å². The van der Waals surface area contributed by atoms with Crippen LogP contribution >= 0.6 is 35.7 Å². The highest BCUT2D eigenvalue weighted by Crippen LogP contribution is 2.09. The van der Waals surface area contributed by atoms with Crippen molar-refractivity contribution in [1.82, 2.24) is 4.90 Å². The number of nitrogens with zero attached hydrogens (tertiary/aromatic N) is 2. The van der Waals surface area contributed by atoms with Crippen molar-refractivity contribution >= 4 is 40.9 Å². The molecule has 0 radical (unpaired) electrons. The average molecular weight is 288 g/mol. The van der Waals surface area contributed by atoms with Gasteiger partial charge in [0.05, 0.1) is 13.2 Å². The third-order valence-electron chi connectivity index (χ3n) is 1.44. The van der Waals surface area contributed by atoms with E-state index in [4.69, 9.17) is 5.11 Å². The Balaban J connectivity index is 0.000001000. The Morgan fingerprint density at radius 2 is 2.45 bits per heavy atom. The lowest BCUT2D eigenvalue weighted by atomic mass is 10.5. The van der Waals surface area contributed by atoms with Crippen LogP contribution in [0.2, 0.25) is 0 Å². The second-order valence-corrected chi connectivity index (χ2v) is 2.85. The molecule has 0 aromatic heterocycles. The Bertz CT molecular complexity index is 143. The summed E-state index contributed by atoms with van der Waals surface area (Å²) in [7, 11) is 0. The third kappa shape index (κ3) is 3.16. The Kier molecular flexibility index (Phi) is 6.36. The molecule has 66 valence electrons. The van der Waals surface area contributed by atoms with Crippen LogP contribution < -0.4 is 0 Å². The number of β-amino-alcohol motifs (C(OH)–C–C–N with tert-alkyl or cyclic N) is 1. The molecule has 0 saturated heterocycles. The van der Waals surface area contributed by atoms with Crippen LogP contribution in [0.25, 0.3) is 0 Å². The molecule has 1 aliphatic heterocycles. The van der Waals surface area contributed by atoms with E-state index in [1.807, 2.05) is 6.26 Å². The van der Waals surface area contributed by atoms with Crippen LogP contribution in [0.4, 0.5) is 0 Å². The number of hydrogen-bond donors (Lipinski definition) is 1. The van der Waals surface area contributed by atoms with E-state index >= 15 is 0 Å². The molecule has 1 N–H and O–H groups in total. The fourth-order valence-electron chi connectivity index (χ4n) is 0.984. The number of rotatable bonds is 2. The van der Waals surface area contributed by atoms with Gasteiger partial charge in [-0.15, -0.1) is 24.0 Å². The van der Waals surface area contributed by atoms with Gasteiger partial charge in [0.1, 0.15) is 0 Å². The molecule has 0 spiro atoms. The molecule has 0 aromatic rings. The van der Waals surface area contributed by atoms with E-state index in [9.17, 15) is 0 Å². The number of aliphatic hydroxyl groups is 1. The van der Waals surface area contributed by atoms with Gasteiger partial charge in [0.15, 0.2) is 5.17 Å². The van der Waals surface area contributed by atoms with E-state index in [0.717, 1.165) is 24.8 Å². The monoisotopic (exact) mass is 288 g/mol. The zero-order valence-electron chi connectivity index (χ0n) is 6.49. The molecule has 0 aliphatic carbocycles. The number of thioether (sulfide) groups is 1. The van der Waals surface area contributed by atoms with Gasteiger partial charge in [0.2, 0.25) is 0 Å². The lowest BCUT2D eigenvalue weighted by molar-refractivity contribution is 0.258. The summed E-state index contributed by atoms with van der Waals surface area (Å²) >= 11 is 1.65. The van der Waals surface area contributed by atoms with Crippen molar-refractivity contribution in [2.45, 2.75) is 0 Å². The van der Waals surface area contributed by atoms with Crippen molar-refractivity contribution in [3.8, 4) is 0 Å². The van der Waals surface area contributed by atoms with Gasteiger partial charge in [0, 0.05) is 13.1 Å². The summed E-state index contributed by atoms with van der Waals surface area (Å²) in [4.78, 5) is 6.35. The van der Waals surface area contributed by atoms with Gasteiger partial charge in [-0.2, -0.15) is 0 Å². The zero-order chi connectivity index (χ0) is 7.40. The summed E-state index contributed by atoms with van der Waals surface area (Å²) in [6.45, 7) is 2.80. The third-order valence-corrected chi connectivity index (χ3v) is 2.19. The maximum absolute atomic E-state index is 8.63. The van der Waals surface area contributed by atoms with Crippen LogP contribution in [0.5, 0.6) is 0 Å². The molecule has 0 bridgehead atoms. The molecule has 0 fully saturated rings. The summed E-state index contributed by atoms with van der Waals surface area (Å²) in [5.41, 5.74) is 0. The molecule has 0 unspecified atom stereocenters. The van der Waals surface area contributed by atoms with E-state index in [0.29, 0.717) is 0 Å². The smallest absolute Gasteiger partial charge is 0.159 e. The Hall–Kier alpha value is 0.510. The van der Waals surface area contributed by atoms with Gasteiger partial charge in [-0.25, -0.2) is 0 Å². The molecule has 5 heteroatoms. The standard InChI is InChI=1S/C6H12N2OS.HI/c1-10-6-7-2-3-8(6)4-5-9;/h9H,2-5H2,1H3;1H. The topological polar surface area (TPSA) is 35.8 Å². The first-order chi connectivity index (χ1) is 4.88. The SMILES string of the molecule is CSC1=NCCN1CCO.I. The molecule has 3 nitrogen and oxygen atoms in total. The summed E-state index contributed by atoms with van der Waals surface area (Å²) in [6, 6.07) is 0. The van der Waals surface area contributed by atoms with Crippen LogP contribution in [0, 0.1) is 0 Å². The van der Waals surface area contributed by atoms with Crippen LogP contribution in [0.15, 0.2) is 4.99 Å². The Morgan fingerprint density at radius 3 is 3.00 bits per heavy atom. The molecule has 1 aliphatic rings. The number of aliphatic hydroxyl groups excluding tert-OH is 1. The van der Waals surface area contributed by atoms with Gasteiger partial charge in [0.25, 0.3) is 0 Å². The predicted molar refractivity (Wildman–Crippen MR) is 59.9 cm³/mol. The van der Waals surface area contributed by atoms with Gasteiger partial charge >= 0.3 is 0 Å². The van der Waals surface area contributed by atoms with E-state index in [1.165, 1.54) is 0 Å². The minimum absolute atomic E-state index is 0. The zero-order valence-corrected chi connectivity index (χ0v) is 9.63. The minimum atomic E-state index is 0. The molecular weight excluding hydrogens is 275 g/mol. The fraction of sp³-hybridized carbons (Fsp3) is 0.833. The quantitative estimate of drug-likeness (QED) is 0.757. The summed E-state index contributed by atoms with van der Waals surface area (Å²) in [6.07, 6.45) is 2.01. The fourth-order valence-corrected chi connectivity index (χ4v) is 1.64. The number of halogens is 1. The normalized spacial score (nSPS) is 16.2. The highest BCUT2D eigenvalue weighted by molar-refractivity contribution is 14.0. The highest BCUT2D eigenvalue weighted by atomic mass is 127. The van der Waals surface area contributed by atoms with Crippen molar-refractivity contribution in [1.29, 1.82) is 0 Å². The van der Waals surface area contributed by atoms with E-state index in [2.05, 4.69) is 9.89 Å². The molecule has 11 heavy (non-hydrogen) atoms. The van der Waals surface area contributed by atoms with Crippen molar-refractivity contribution < 1.29 is 5.11 Å². The van der Waals surface area contributed by atoms with Crippen LogP contribution in [0.1, 0.15) is 0 Å².